The minimum Gasteiger partial charge on any atom is -0.444 e. The number of benzene rings is 1. The summed E-state index contributed by atoms with van der Waals surface area (Å²) >= 11 is 0. The van der Waals surface area contributed by atoms with Gasteiger partial charge in [0.25, 0.3) is 5.91 Å². The third kappa shape index (κ3) is 4.32. The SMILES string of the molecule is C[C@@H]1CCc2[nH]c3c(C(=O)N4CCC(NC(=O)OC(C)(C)C)CC4)cccc3c2C1. The van der Waals surface area contributed by atoms with Gasteiger partial charge in [0, 0.05) is 30.2 Å². The van der Waals surface area contributed by atoms with Gasteiger partial charge in [-0.3, -0.25) is 4.79 Å². The molecule has 1 aromatic carbocycles. The van der Waals surface area contributed by atoms with Crippen LogP contribution in [-0.2, 0) is 17.6 Å². The van der Waals surface area contributed by atoms with Gasteiger partial charge in [0.2, 0.25) is 0 Å². The molecule has 30 heavy (non-hydrogen) atoms. The average Bonchev–Trinajstić information content (AvgIpc) is 3.04. The largest absolute Gasteiger partial charge is 0.444 e. The lowest BCUT2D eigenvalue weighted by molar-refractivity contribution is 0.0474. The van der Waals surface area contributed by atoms with Crippen molar-refractivity contribution in [2.24, 2.45) is 5.92 Å². The summed E-state index contributed by atoms with van der Waals surface area (Å²) in [6, 6.07) is 6.11. The number of hydrogen-bond acceptors (Lipinski definition) is 3. The molecule has 1 fully saturated rings. The van der Waals surface area contributed by atoms with Gasteiger partial charge in [0.15, 0.2) is 0 Å². The Labute approximate surface area is 178 Å². The maximum absolute atomic E-state index is 13.3. The van der Waals surface area contributed by atoms with E-state index in [1.807, 2.05) is 37.8 Å². The molecule has 2 aliphatic rings. The summed E-state index contributed by atoms with van der Waals surface area (Å²) in [6.45, 7) is 9.13. The van der Waals surface area contributed by atoms with E-state index in [1.165, 1.54) is 23.1 Å². The van der Waals surface area contributed by atoms with E-state index in [-0.39, 0.29) is 18.0 Å². The van der Waals surface area contributed by atoms with Crippen LogP contribution in [0.4, 0.5) is 4.79 Å². The Bertz CT molecular complexity index is 948. The smallest absolute Gasteiger partial charge is 0.407 e. The first-order valence-electron chi connectivity index (χ1n) is 11.1. The molecule has 0 saturated carbocycles. The average molecular weight is 412 g/mol. The van der Waals surface area contributed by atoms with Gasteiger partial charge in [-0.1, -0.05) is 19.1 Å². The number of nitrogens with zero attached hydrogens (tertiary/aromatic N) is 1. The Balaban J connectivity index is 1.44. The second-order valence-corrected chi connectivity index (χ2v) is 9.87. The fourth-order valence-electron chi connectivity index (χ4n) is 4.66. The molecule has 4 rings (SSSR count). The van der Waals surface area contributed by atoms with Crippen LogP contribution in [0.2, 0.25) is 0 Å². The number of fused-ring (bicyclic) bond motifs is 3. The number of hydrogen-bond donors (Lipinski definition) is 2. The molecule has 2 aromatic rings. The molecule has 1 aliphatic heterocycles. The highest BCUT2D eigenvalue weighted by Crippen LogP contribution is 2.33. The molecule has 2 heterocycles. The number of ether oxygens (including phenoxy) is 1. The molecule has 2 N–H and O–H groups in total. The second-order valence-electron chi connectivity index (χ2n) is 9.87. The fourth-order valence-corrected chi connectivity index (χ4v) is 4.66. The first kappa shape index (κ1) is 20.8. The first-order valence-corrected chi connectivity index (χ1v) is 11.1. The number of likely N-dealkylation sites (tertiary alicyclic amines) is 1. The summed E-state index contributed by atoms with van der Waals surface area (Å²) in [5.74, 6) is 0.760. The van der Waals surface area contributed by atoms with E-state index < -0.39 is 5.60 Å². The molecule has 0 bridgehead atoms. The molecule has 0 radical (unpaired) electrons. The highest BCUT2D eigenvalue weighted by atomic mass is 16.6. The summed E-state index contributed by atoms with van der Waals surface area (Å²) in [6.07, 6.45) is 4.42. The number of aromatic nitrogens is 1. The Hall–Kier alpha value is -2.50. The molecular formula is C24H33N3O3. The van der Waals surface area contributed by atoms with Crippen LogP contribution in [0, 0.1) is 5.92 Å². The molecule has 6 nitrogen and oxygen atoms in total. The minimum atomic E-state index is -0.508. The normalized spacial score (nSPS) is 20.1. The number of H-pyrrole nitrogens is 1. The van der Waals surface area contributed by atoms with Crippen LogP contribution in [0.25, 0.3) is 10.9 Å². The topological polar surface area (TPSA) is 74.4 Å². The quantitative estimate of drug-likeness (QED) is 0.768. The van der Waals surface area contributed by atoms with Crippen molar-refractivity contribution in [1.29, 1.82) is 0 Å². The second kappa shape index (κ2) is 7.97. The van der Waals surface area contributed by atoms with Crippen LogP contribution >= 0.6 is 0 Å². The van der Waals surface area contributed by atoms with Gasteiger partial charge in [-0.15, -0.1) is 0 Å². The van der Waals surface area contributed by atoms with E-state index in [4.69, 9.17) is 4.74 Å². The van der Waals surface area contributed by atoms with Gasteiger partial charge in [-0.25, -0.2) is 4.79 Å². The van der Waals surface area contributed by atoms with Crippen LogP contribution in [0.5, 0.6) is 0 Å². The van der Waals surface area contributed by atoms with E-state index >= 15 is 0 Å². The molecule has 0 spiro atoms. The number of para-hydroxylation sites is 1. The van der Waals surface area contributed by atoms with Crippen molar-refractivity contribution < 1.29 is 14.3 Å². The van der Waals surface area contributed by atoms with Crippen molar-refractivity contribution in [1.82, 2.24) is 15.2 Å². The monoisotopic (exact) mass is 411 g/mol. The van der Waals surface area contributed by atoms with E-state index in [1.54, 1.807) is 0 Å². The molecule has 2 amide bonds. The maximum Gasteiger partial charge on any atom is 0.407 e. The van der Waals surface area contributed by atoms with Crippen LogP contribution < -0.4 is 5.32 Å². The summed E-state index contributed by atoms with van der Waals surface area (Å²) < 4.78 is 5.34. The zero-order valence-corrected chi connectivity index (χ0v) is 18.5. The molecule has 1 saturated heterocycles. The van der Waals surface area contributed by atoms with Crippen LogP contribution in [0.15, 0.2) is 18.2 Å². The summed E-state index contributed by atoms with van der Waals surface area (Å²) in [4.78, 5) is 30.8. The number of aromatic amines is 1. The lowest BCUT2D eigenvalue weighted by Crippen LogP contribution is -2.47. The highest BCUT2D eigenvalue weighted by Gasteiger charge is 2.28. The molecular weight excluding hydrogens is 378 g/mol. The third-order valence-electron chi connectivity index (χ3n) is 6.20. The van der Waals surface area contributed by atoms with Gasteiger partial charge in [0.1, 0.15) is 5.60 Å². The maximum atomic E-state index is 13.3. The van der Waals surface area contributed by atoms with Crippen LogP contribution in [0.1, 0.15) is 68.6 Å². The first-order chi connectivity index (χ1) is 14.2. The number of aryl methyl sites for hydroxylation is 1. The van der Waals surface area contributed by atoms with E-state index in [0.717, 1.165) is 36.8 Å². The summed E-state index contributed by atoms with van der Waals surface area (Å²) in [5, 5.41) is 4.13. The third-order valence-corrected chi connectivity index (χ3v) is 6.20. The molecule has 162 valence electrons. The Morgan fingerprint density at radius 3 is 2.60 bits per heavy atom. The van der Waals surface area contributed by atoms with Crippen molar-refractivity contribution in [2.75, 3.05) is 13.1 Å². The number of alkyl carbamates (subject to hydrolysis) is 1. The van der Waals surface area contributed by atoms with E-state index in [0.29, 0.717) is 19.0 Å². The minimum absolute atomic E-state index is 0.0407. The lowest BCUT2D eigenvalue weighted by atomic mass is 9.87. The predicted molar refractivity (Wildman–Crippen MR) is 118 cm³/mol. The zero-order chi connectivity index (χ0) is 21.5. The molecule has 1 atom stereocenters. The van der Waals surface area contributed by atoms with Crippen molar-refractivity contribution in [3.63, 3.8) is 0 Å². The Morgan fingerprint density at radius 2 is 1.90 bits per heavy atom. The van der Waals surface area contributed by atoms with Gasteiger partial charge >= 0.3 is 6.09 Å². The van der Waals surface area contributed by atoms with Gasteiger partial charge in [0.05, 0.1) is 11.1 Å². The number of carbonyl (C=O) groups is 2. The number of amides is 2. The lowest BCUT2D eigenvalue weighted by Gasteiger charge is -2.33. The molecule has 6 heteroatoms. The zero-order valence-electron chi connectivity index (χ0n) is 18.5. The van der Waals surface area contributed by atoms with Crippen LogP contribution in [0.3, 0.4) is 0 Å². The fraction of sp³-hybridized carbons (Fsp3) is 0.583. The Morgan fingerprint density at radius 1 is 1.17 bits per heavy atom. The summed E-state index contributed by atoms with van der Waals surface area (Å²) in [7, 11) is 0. The van der Waals surface area contributed by atoms with Gasteiger partial charge in [-0.05, 0) is 70.4 Å². The Kier molecular flexibility index (Phi) is 5.51. The van der Waals surface area contributed by atoms with Gasteiger partial charge < -0.3 is 19.9 Å². The number of carbonyl (C=O) groups excluding carboxylic acids is 2. The molecule has 1 aliphatic carbocycles. The van der Waals surface area contributed by atoms with Crippen molar-refractivity contribution in [3.8, 4) is 0 Å². The van der Waals surface area contributed by atoms with Crippen LogP contribution in [-0.4, -0.2) is 46.6 Å². The number of piperidine rings is 1. The van der Waals surface area contributed by atoms with E-state index in [2.05, 4.69) is 23.3 Å². The number of rotatable bonds is 2. The summed E-state index contributed by atoms with van der Waals surface area (Å²) in [5.41, 5.74) is 3.91. The van der Waals surface area contributed by atoms with Gasteiger partial charge in [-0.2, -0.15) is 0 Å². The highest BCUT2D eigenvalue weighted by molar-refractivity contribution is 6.06. The molecule has 0 unspecified atom stereocenters. The van der Waals surface area contributed by atoms with Crippen molar-refractivity contribution in [2.45, 2.75) is 71.4 Å². The molecule has 1 aromatic heterocycles. The standard InChI is InChI=1S/C24H33N3O3/c1-15-8-9-20-19(14-15)17-6-5-7-18(21(17)26-20)22(28)27-12-10-16(11-13-27)25-23(29)30-24(2,3)4/h5-7,15-16,26H,8-14H2,1-4H3,(H,25,29)/t15-/m1/s1. The van der Waals surface area contributed by atoms with Crippen molar-refractivity contribution in [3.05, 3.63) is 35.0 Å². The van der Waals surface area contributed by atoms with E-state index in [9.17, 15) is 9.59 Å². The number of nitrogens with one attached hydrogen (secondary N) is 2. The van der Waals surface area contributed by atoms with Crippen molar-refractivity contribution >= 4 is 22.9 Å². The predicted octanol–water partition coefficient (Wildman–Crippen LogP) is 4.42.